The fourth-order valence-electron chi connectivity index (χ4n) is 12.5. The monoisotopic (exact) mass is 997 g/mol. The largest absolute Gasteiger partial charge is 0.494 e. The van der Waals surface area contributed by atoms with Crippen LogP contribution in [0.4, 0.5) is 17.1 Å². The normalized spacial score (nSPS) is 21.5. The van der Waals surface area contributed by atoms with Gasteiger partial charge in [0.2, 0.25) is 11.1 Å². The highest BCUT2D eigenvalue weighted by Crippen LogP contribution is 2.57. The van der Waals surface area contributed by atoms with Crippen LogP contribution in [0.15, 0.2) is 131 Å². The fourth-order valence-corrected chi connectivity index (χ4v) is 13.5. The van der Waals surface area contributed by atoms with Crippen molar-refractivity contribution in [2.24, 2.45) is 0 Å². The van der Waals surface area contributed by atoms with Crippen molar-refractivity contribution in [1.29, 1.82) is 5.39 Å². The van der Waals surface area contributed by atoms with Crippen molar-refractivity contribution in [2.75, 3.05) is 47.6 Å². The molecule has 372 valence electrons. The highest BCUT2D eigenvalue weighted by atomic mass is 32.2. The first kappa shape index (κ1) is 50.0. The Hall–Kier alpha value is -5.98. The van der Waals surface area contributed by atoms with Crippen molar-refractivity contribution in [1.82, 2.24) is 0 Å². The number of ether oxygens (including phenoxy) is 2. The number of anilines is 2. The Labute approximate surface area is 418 Å². The zero-order valence-corrected chi connectivity index (χ0v) is 43.1. The molecule has 0 spiro atoms. The van der Waals surface area contributed by atoms with Crippen molar-refractivity contribution < 1.29 is 35.4 Å². The van der Waals surface area contributed by atoms with Gasteiger partial charge in [-0.25, -0.2) is 0 Å². The average molecular weight is 998 g/mol. The van der Waals surface area contributed by atoms with E-state index < -0.39 is 25.7 Å². The molecule has 5 aromatic carbocycles. The predicted molar refractivity (Wildman–Crippen MR) is 285 cm³/mol. The number of benzene rings is 5. The van der Waals surface area contributed by atoms with Crippen molar-refractivity contribution >= 4 is 58.8 Å². The van der Waals surface area contributed by atoms with Gasteiger partial charge in [-0.3, -0.25) is 9.11 Å². The molecule has 0 radical (unpaired) electrons. The number of allylic oxidation sites excluding steroid dienone is 7. The summed E-state index contributed by atoms with van der Waals surface area (Å²) in [5, 5.41) is 15.1. The van der Waals surface area contributed by atoms with Gasteiger partial charge in [0.05, 0.1) is 36.3 Å². The smallest absolute Gasteiger partial charge is 0.429 e. The SMILES string of the molecule is CCOc1cc(CC2(C)C(=C3C=C(C=C4C=C(C5N(CCCS(=O)(=O)O)c6ccc7ccccc7c6C5(C)C)CCC4)CCC3)N(CCCS(=O)(=O)O)c3ccc4ccccc4c32)c([N+]#N)c(OCC)c1. The Morgan fingerprint density at radius 3 is 2.04 bits per heavy atom. The quantitative estimate of drug-likeness (QED) is 0.0715. The molecule has 2 N–H and O–H groups in total. The summed E-state index contributed by atoms with van der Waals surface area (Å²) in [5.41, 5.74) is 10.3. The first-order chi connectivity index (χ1) is 33.9. The minimum atomic E-state index is -4.23. The third-order valence-electron chi connectivity index (χ3n) is 15.0. The van der Waals surface area contributed by atoms with Crippen molar-refractivity contribution in [3.63, 3.8) is 0 Å². The summed E-state index contributed by atoms with van der Waals surface area (Å²) in [4.78, 5) is 8.46. The first-order valence-corrected chi connectivity index (χ1v) is 28.3. The second kappa shape index (κ2) is 19.9. The van der Waals surface area contributed by atoms with Crippen molar-refractivity contribution in [3.8, 4) is 11.5 Å². The topological polar surface area (TPSA) is 162 Å². The third-order valence-corrected chi connectivity index (χ3v) is 16.6. The van der Waals surface area contributed by atoms with Gasteiger partial charge in [-0.2, -0.15) is 16.8 Å². The molecule has 14 heteroatoms. The van der Waals surface area contributed by atoms with Crippen LogP contribution in [0.3, 0.4) is 0 Å². The molecule has 2 aliphatic carbocycles. The van der Waals surface area contributed by atoms with Gasteiger partial charge in [-0.1, -0.05) is 92.7 Å². The maximum Gasteiger partial charge on any atom is 0.429 e. The van der Waals surface area contributed by atoms with Gasteiger partial charge < -0.3 is 19.3 Å². The minimum Gasteiger partial charge on any atom is -0.494 e. The van der Waals surface area contributed by atoms with Crippen molar-refractivity contribution in [3.05, 3.63) is 153 Å². The first-order valence-electron chi connectivity index (χ1n) is 25.1. The van der Waals surface area contributed by atoms with Gasteiger partial charge >= 0.3 is 5.69 Å². The van der Waals surface area contributed by atoms with Gasteiger partial charge in [0.15, 0.2) is 4.98 Å². The van der Waals surface area contributed by atoms with Crippen LogP contribution in [-0.4, -0.2) is 69.8 Å². The Kier molecular flexibility index (Phi) is 14.0. The molecule has 2 aliphatic heterocycles. The molecule has 2 unspecified atom stereocenters. The van der Waals surface area contributed by atoms with Crippen molar-refractivity contribution in [2.45, 2.75) is 109 Å². The molecule has 0 fully saturated rings. The summed E-state index contributed by atoms with van der Waals surface area (Å²) in [7, 11) is -8.36. The Morgan fingerprint density at radius 2 is 1.38 bits per heavy atom. The van der Waals surface area contributed by atoms with Gasteiger partial charge in [0.25, 0.3) is 20.2 Å². The lowest BCUT2D eigenvalue weighted by molar-refractivity contribution is 0.323. The Balaban J connectivity index is 1.18. The molecule has 71 heavy (non-hydrogen) atoms. The van der Waals surface area contributed by atoms with Gasteiger partial charge in [0, 0.05) is 47.1 Å². The molecule has 9 rings (SSSR count). The van der Waals surface area contributed by atoms with Crippen LogP contribution < -0.4 is 19.3 Å². The molecule has 2 atom stereocenters. The number of hydrogen-bond donors (Lipinski definition) is 2. The van der Waals surface area contributed by atoms with Crippen LogP contribution in [-0.2, 0) is 37.5 Å². The predicted octanol–water partition coefficient (Wildman–Crippen LogP) is 12.7. The molecule has 5 aromatic rings. The highest BCUT2D eigenvalue weighted by Gasteiger charge is 2.49. The average Bonchev–Trinajstić information content (AvgIpc) is 3.71. The molecule has 0 bridgehead atoms. The summed E-state index contributed by atoms with van der Waals surface area (Å²) in [6.45, 7) is 12.3. The Morgan fingerprint density at radius 1 is 0.746 bits per heavy atom. The second-order valence-corrected chi connectivity index (χ2v) is 23.4. The molecule has 0 saturated heterocycles. The van der Waals surface area contributed by atoms with E-state index in [1.807, 2.05) is 32.0 Å². The van der Waals surface area contributed by atoms with Crippen LogP contribution in [0.2, 0.25) is 0 Å². The molecule has 0 aromatic heterocycles. The maximum absolute atomic E-state index is 12.2. The molecule has 0 saturated carbocycles. The maximum atomic E-state index is 12.2. The van der Waals surface area contributed by atoms with Crippen LogP contribution >= 0.6 is 0 Å². The van der Waals surface area contributed by atoms with Crippen LogP contribution in [0.25, 0.3) is 26.5 Å². The lowest BCUT2D eigenvalue weighted by Gasteiger charge is -2.38. The highest BCUT2D eigenvalue weighted by molar-refractivity contribution is 7.86. The lowest BCUT2D eigenvalue weighted by atomic mass is 9.72. The Bertz CT molecular complexity index is 3310. The van der Waals surface area contributed by atoms with E-state index in [1.54, 1.807) is 6.07 Å². The summed E-state index contributed by atoms with van der Waals surface area (Å²) >= 11 is 0. The summed E-state index contributed by atoms with van der Waals surface area (Å²) in [5.74, 6) is 0.329. The molecule has 2 heterocycles. The third kappa shape index (κ3) is 9.99. The number of hydrogen-bond acceptors (Lipinski definition) is 9. The lowest BCUT2D eigenvalue weighted by Crippen LogP contribution is -2.44. The van der Waals surface area contributed by atoms with Gasteiger partial charge in [0.1, 0.15) is 5.75 Å². The summed E-state index contributed by atoms with van der Waals surface area (Å²) in [6, 6.07) is 29.0. The van der Waals surface area contributed by atoms with E-state index in [9.17, 15) is 31.3 Å². The second-order valence-electron chi connectivity index (χ2n) is 20.3. The zero-order chi connectivity index (χ0) is 50.3. The molecular weight excluding hydrogens is 933 g/mol. The van der Waals surface area contributed by atoms with Crippen LogP contribution in [0.1, 0.15) is 103 Å². The standard InChI is InChI=1S/C57H64N4O8S2/c1-6-68-45-35-44(53(59-58)50(36-45)69-7-2)37-57(5)52-47-23-11-9-19-41(47)25-27-49(52)61(29-15-31-71(65,66)67)55(57)43-21-13-17-39(34-43)32-38-16-12-20-42(33-38)54-56(3,4)51-46-22-10-8-18-40(46)24-26-48(51)60(54)28-14-30-70(62,63)64/h8-11,18-19,22-27,32-36,54H,6-7,12-17,20-21,28-31,37H2,1-5H3,(H-,62,63,64,65,66,67)/p+1. The van der Waals surface area contributed by atoms with E-state index in [0.717, 1.165) is 88.5 Å². The summed E-state index contributed by atoms with van der Waals surface area (Å²) < 4.78 is 80.1. The van der Waals surface area contributed by atoms with Crippen LogP contribution in [0.5, 0.6) is 11.5 Å². The number of fused-ring (bicyclic) bond motifs is 6. The van der Waals surface area contributed by atoms with E-state index in [0.29, 0.717) is 56.3 Å². The number of rotatable bonds is 16. The number of diazo groups is 1. The molecule has 4 aliphatic rings. The minimum absolute atomic E-state index is 0.0322. The van der Waals surface area contributed by atoms with E-state index in [4.69, 9.17) is 9.47 Å². The van der Waals surface area contributed by atoms with E-state index in [1.165, 1.54) is 27.7 Å². The van der Waals surface area contributed by atoms with Crippen LogP contribution in [0, 0.1) is 5.39 Å². The fraction of sp³-hybridized carbons (Fsp3) is 0.404. The number of nitrogens with zero attached hydrogens (tertiary/aromatic N) is 4. The van der Waals surface area contributed by atoms with E-state index in [2.05, 4.69) is 114 Å². The van der Waals surface area contributed by atoms with E-state index >= 15 is 0 Å². The van der Waals surface area contributed by atoms with Gasteiger partial charge in [-0.15, -0.1) is 0 Å². The zero-order valence-electron chi connectivity index (χ0n) is 41.4. The molecule has 12 nitrogen and oxygen atoms in total. The van der Waals surface area contributed by atoms with Gasteiger partial charge in [-0.05, 0) is 152 Å². The summed E-state index contributed by atoms with van der Waals surface area (Å²) in [6.07, 6.45) is 13.3. The molecule has 0 amide bonds. The molecular formula is C57H65N4O8S2+. The van der Waals surface area contributed by atoms with E-state index in [-0.39, 0.29) is 29.4 Å².